The molecule has 24 heavy (non-hydrogen) atoms. The Labute approximate surface area is 139 Å². The first-order valence-electron chi connectivity index (χ1n) is 8.10. The van der Waals surface area contributed by atoms with Crippen LogP contribution in [0.2, 0.25) is 0 Å². The Bertz CT molecular complexity index is 863. The van der Waals surface area contributed by atoms with E-state index in [0.717, 1.165) is 49.4 Å². The van der Waals surface area contributed by atoms with Gasteiger partial charge in [-0.25, -0.2) is 15.0 Å². The smallest absolute Gasteiger partial charge is 0.223 e. The van der Waals surface area contributed by atoms with Gasteiger partial charge in [0, 0.05) is 26.4 Å². The second kappa shape index (κ2) is 6.03. The van der Waals surface area contributed by atoms with Crippen molar-refractivity contribution < 1.29 is 4.52 Å². The first-order chi connectivity index (χ1) is 11.7. The minimum Gasteiger partial charge on any atom is -0.384 e. The summed E-state index contributed by atoms with van der Waals surface area (Å²) in [4.78, 5) is 19.6. The van der Waals surface area contributed by atoms with Crippen molar-refractivity contribution in [3.05, 3.63) is 30.2 Å². The molecular weight excluding hydrogens is 306 g/mol. The molecule has 1 aliphatic rings. The highest BCUT2D eigenvalue weighted by molar-refractivity contribution is 5.87. The van der Waals surface area contributed by atoms with Crippen LogP contribution in [-0.2, 0) is 6.42 Å². The molecule has 0 radical (unpaired) electrons. The largest absolute Gasteiger partial charge is 0.384 e. The molecule has 0 bridgehead atoms. The number of anilines is 2. The quantitative estimate of drug-likeness (QED) is 0.776. The van der Waals surface area contributed by atoms with Crippen molar-refractivity contribution in [2.24, 2.45) is 5.92 Å². The lowest BCUT2D eigenvalue weighted by Crippen LogP contribution is -2.37. The molecule has 124 valence electrons. The van der Waals surface area contributed by atoms with E-state index in [-0.39, 0.29) is 0 Å². The third kappa shape index (κ3) is 2.86. The van der Waals surface area contributed by atoms with E-state index in [1.807, 2.05) is 13.0 Å². The number of aromatic nitrogens is 5. The fraction of sp³-hybridized carbons (Fsp3) is 0.438. The van der Waals surface area contributed by atoms with Crippen LogP contribution in [0.5, 0.6) is 0 Å². The van der Waals surface area contributed by atoms with Crippen LogP contribution in [0.25, 0.3) is 11.0 Å². The highest BCUT2D eigenvalue weighted by Crippen LogP contribution is 2.28. The topological polar surface area (TPSA) is 107 Å². The van der Waals surface area contributed by atoms with Gasteiger partial charge in [-0.3, -0.25) is 0 Å². The van der Waals surface area contributed by atoms with Gasteiger partial charge in [0.15, 0.2) is 11.5 Å². The number of hydrogen-bond acceptors (Lipinski definition) is 8. The molecule has 8 heteroatoms. The summed E-state index contributed by atoms with van der Waals surface area (Å²) in [5.41, 5.74) is 6.39. The third-order valence-electron chi connectivity index (χ3n) is 4.36. The zero-order chi connectivity index (χ0) is 16.5. The summed E-state index contributed by atoms with van der Waals surface area (Å²) in [5, 5.41) is 4.95. The van der Waals surface area contributed by atoms with Crippen LogP contribution in [-0.4, -0.2) is 38.2 Å². The van der Waals surface area contributed by atoms with E-state index in [9.17, 15) is 0 Å². The van der Waals surface area contributed by atoms with Gasteiger partial charge in [-0.1, -0.05) is 5.16 Å². The normalized spacial score (nSPS) is 18.2. The van der Waals surface area contributed by atoms with Gasteiger partial charge in [-0.05, 0) is 30.9 Å². The molecule has 0 aliphatic carbocycles. The standard InChI is InChI=1S/C16H19N7O/c1-10-20-14(22-24-10)7-11-3-2-6-23(8-11)16-12-4-5-13(17)21-15(12)18-9-19-16/h4-5,9,11H,2-3,6-8H2,1H3,(H2,17,18,19,21)/t11-/m0/s1. The Hall–Kier alpha value is -2.77. The minimum absolute atomic E-state index is 0.469. The van der Waals surface area contributed by atoms with E-state index in [4.69, 9.17) is 10.3 Å². The van der Waals surface area contributed by atoms with Crippen LogP contribution in [0.1, 0.15) is 24.6 Å². The molecule has 4 rings (SSSR count). The maximum atomic E-state index is 5.75. The van der Waals surface area contributed by atoms with Gasteiger partial charge in [-0.15, -0.1) is 0 Å². The molecule has 2 N–H and O–H groups in total. The van der Waals surface area contributed by atoms with Crippen LogP contribution in [0, 0.1) is 12.8 Å². The zero-order valence-electron chi connectivity index (χ0n) is 13.5. The molecule has 1 saturated heterocycles. The summed E-state index contributed by atoms with van der Waals surface area (Å²) in [6, 6.07) is 3.73. The molecule has 0 amide bonds. The average Bonchev–Trinajstić information content (AvgIpc) is 2.99. The van der Waals surface area contributed by atoms with Crippen LogP contribution in [0.15, 0.2) is 23.0 Å². The number of pyridine rings is 1. The average molecular weight is 325 g/mol. The van der Waals surface area contributed by atoms with Gasteiger partial charge >= 0.3 is 0 Å². The lowest BCUT2D eigenvalue weighted by molar-refractivity contribution is 0.369. The molecule has 3 aromatic rings. The van der Waals surface area contributed by atoms with E-state index >= 15 is 0 Å². The maximum Gasteiger partial charge on any atom is 0.223 e. The van der Waals surface area contributed by atoms with Crippen LogP contribution in [0.4, 0.5) is 11.6 Å². The fourth-order valence-corrected chi connectivity index (χ4v) is 3.30. The van der Waals surface area contributed by atoms with Gasteiger partial charge in [0.1, 0.15) is 18.0 Å². The van der Waals surface area contributed by atoms with E-state index in [1.165, 1.54) is 0 Å². The number of rotatable bonds is 3. The maximum absolute atomic E-state index is 5.75. The van der Waals surface area contributed by atoms with E-state index in [2.05, 4.69) is 30.0 Å². The first kappa shape index (κ1) is 14.8. The summed E-state index contributed by atoms with van der Waals surface area (Å²) >= 11 is 0. The Morgan fingerprint density at radius 3 is 3.04 bits per heavy atom. The number of piperidine rings is 1. The van der Waals surface area contributed by atoms with Gasteiger partial charge in [0.25, 0.3) is 0 Å². The van der Waals surface area contributed by atoms with Crippen molar-refractivity contribution in [1.29, 1.82) is 0 Å². The van der Waals surface area contributed by atoms with Crippen LogP contribution >= 0.6 is 0 Å². The van der Waals surface area contributed by atoms with Crippen LogP contribution in [0.3, 0.4) is 0 Å². The lowest BCUT2D eigenvalue weighted by atomic mass is 9.94. The first-order valence-corrected chi connectivity index (χ1v) is 8.10. The van der Waals surface area contributed by atoms with Gasteiger partial charge < -0.3 is 15.2 Å². The summed E-state index contributed by atoms with van der Waals surface area (Å²) in [7, 11) is 0. The molecule has 1 aliphatic heterocycles. The molecule has 0 saturated carbocycles. The second-order valence-electron chi connectivity index (χ2n) is 6.19. The minimum atomic E-state index is 0.469. The SMILES string of the molecule is Cc1nc(C[C@@H]2CCCN(c3ncnc4nc(N)ccc34)C2)no1. The van der Waals surface area contributed by atoms with Crippen molar-refractivity contribution in [2.45, 2.75) is 26.2 Å². The van der Waals surface area contributed by atoms with E-state index in [0.29, 0.717) is 23.3 Å². The summed E-state index contributed by atoms with van der Waals surface area (Å²) in [5.74, 6) is 3.25. The van der Waals surface area contributed by atoms with Crippen molar-refractivity contribution in [3.63, 3.8) is 0 Å². The Kier molecular flexibility index (Phi) is 3.72. The Balaban J connectivity index is 1.58. The Morgan fingerprint density at radius 1 is 1.29 bits per heavy atom. The van der Waals surface area contributed by atoms with Crippen molar-refractivity contribution in [1.82, 2.24) is 25.1 Å². The molecule has 0 unspecified atom stereocenters. The number of nitrogen functional groups attached to an aromatic ring is 1. The van der Waals surface area contributed by atoms with Crippen molar-refractivity contribution >= 4 is 22.7 Å². The predicted molar refractivity (Wildman–Crippen MR) is 89.4 cm³/mol. The molecule has 4 heterocycles. The number of fused-ring (bicyclic) bond motifs is 1. The molecule has 0 aromatic carbocycles. The molecule has 1 fully saturated rings. The molecule has 0 spiro atoms. The highest BCUT2D eigenvalue weighted by atomic mass is 16.5. The zero-order valence-corrected chi connectivity index (χ0v) is 13.5. The van der Waals surface area contributed by atoms with Crippen molar-refractivity contribution in [3.8, 4) is 0 Å². The number of nitrogens with zero attached hydrogens (tertiary/aromatic N) is 6. The molecule has 1 atom stereocenters. The van der Waals surface area contributed by atoms with E-state index in [1.54, 1.807) is 12.4 Å². The number of aryl methyl sites for hydroxylation is 1. The Morgan fingerprint density at radius 2 is 2.21 bits per heavy atom. The fourth-order valence-electron chi connectivity index (χ4n) is 3.30. The van der Waals surface area contributed by atoms with Crippen LogP contribution < -0.4 is 10.6 Å². The summed E-state index contributed by atoms with van der Waals surface area (Å²) in [6.07, 6.45) is 4.63. The van der Waals surface area contributed by atoms with Crippen molar-refractivity contribution in [2.75, 3.05) is 23.7 Å². The summed E-state index contributed by atoms with van der Waals surface area (Å²) in [6.45, 7) is 3.69. The predicted octanol–water partition coefficient (Wildman–Crippen LogP) is 1.76. The molecule has 8 nitrogen and oxygen atoms in total. The lowest BCUT2D eigenvalue weighted by Gasteiger charge is -2.33. The van der Waals surface area contributed by atoms with E-state index < -0.39 is 0 Å². The monoisotopic (exact) mass is 325 g/mol. The third-order valence-corrected chi connectivity index (χ3v) is 4.36. The number of hydrogen-bond donors (Lipinski definition) is 1. The highest BCUT2D eigenvalue weighted by Gasteiger charge is 2.24. The number of nitrogens with two attached hydrogens (primary N) is 1. The van der Waals surface area contributed by atoms with Gasteiger partial charge in [0.05, 0.1) is 5.39 Å². The molecule has 3 aromatic heterocycles. The molecular formula is C16H19N7O. The second-order valence-corrected chi connectivity index (χ2v) is 6.19. The van der Waals surface area contributed by atoms with Gasteiger partial charge in [-0.2, -0.15) is 4.98 Å². The summed E-state index contributed by atoms with van der Waals surface area (Å²) < 4.78 is 5.07. The van der Waals surface area contributed by atoms with Gasteiger partial charge in [0.2, 0.25) is 5.89 Å².